The summed E-state index contributed by atoms with van der Waals surface area (Å²) >= 11 is 0. The molecule has 2 saturated heterocycles. The van der Waals surface area contributed by atoms with Gasteiger partial charge in [-0.2, -0.15) is 0 Å². The summed E-state index contributed by atoms with van der Waals surface area (Å²) in [6.07, 6.45) is 1.58. The Balaban J connectivity index is 1.06. The molecule has 0 radical (unpaired) electrons. The molecule has 7 nitrogen and oxygen atoms in total. The number of piperidine rings is 1. The van der Waals surface area contributed by atoms with Gasteiger partial charge in [0.05, 0.1) is 6.04 Å². The highest BCUT2D eigenvalue weighted by Crippen LogP contribution is 2.30. The maximum Gasteiger partial charge on any atom is 0.255 e. The van der Waals surface area contributed by atoms with Gasteiger partial charge in [-0.1, -0.05) is 72.8 Å². The number of carbonyl (C=O) groups is 3. The molecular formula is C32H34N4O3. The van der Waals surface area contributed by atoms with Crippen LogP contribution in [0.2, 0.25) is 0 Å². The quantitative estimate of drug-likeness (QED) is 0.482. The summed E-state index contributed by atoms with van der Waals surface area (Å²) in [5.74, 6) is -0.749. The molecule has 1 unspecified atom stereocenters. The van der Waals surface area contributed by atoms with E-state index in [0.29, 0.717) is 18.5 Å². The van der Waals surface area contributed by atoms with Crippen LogP contribution in [0.1, 0.15) is 51.5 Å². The van der Waals surface area contributed by atoms with Gasteiger partial charge in [0, 0.05) is 51.3 Å². The average molecular weight is 523 g/mol. The minimum absolute atomic E-state index is 0.117. The number of piperazine rings is 1. The second-order valence-electron chi connectivity index (χ2n) is 10.7. The summed E-state index contributed by atoms with van der Waals surface area (Å²) in [6.45, 7) is 5.44. The molecule has 6 rings (SSSR count). The van der Waals surface area contributed by atoms with Crippen molar-refractivity contribution in [2.45, 2.75) is 37.9 Å². The summed E-state index contributed by atoms with van der Waals surface area (Å²) in [5, 5.41) is 2.37. The Morgan fingerprint density at radius 3 is 2.13 bits per heavy atom. The Bertz CT molecular complexity index is 1310. The molecule has 1 N–H and O–H groups in total. The van der Waals surface area contributed by atoms with Crippen molar-refractivity contribution in [3.05, 3.63) is 107 Å². The number of carbonyl (C=O) groups excluding carboxylic acids is 3. The van der Waals surface area contributed by atoms with E-state index < -0.39 is 6.04 Å². The third kappa shape index (κ3) is 5.37. The average Bonchev–Trinajstić information content (AvgIpc) is 3.29. The van der Waals surface area contributed by atoms with Gasteiger partial charge in [-0.15, -0.1) is 0 Å². The molecule has 3 amide bonds. The Morgan fingerprint density at radius 1 is 0.821 bits per heavy atom. The van der Waals surface area contributed by atoms with E-state index in [1.165, 1.54) is 16.7 Å². The zero-order chi connectivity index (χ0) is 26.8. The van der Waals surface area contributed by atoms with Gasteiger partial charge < -0.3 is 9.80 Å². The molecule has 39 heavy (non-hydrogen) atoms. The van der Waals surface area contributed by atoms with E-state index in [1.54, 1.807) is 4.90 Å². The molecule has 3 aliphatic rings. The molecule has 0 spiro atoms. The summed E-state index contributed by atoms with van der Waals surface area (Å²) in [7, 11) is 0. The smallest absolute Gasteiger partial charge is 0.255 e. The Hall–Kier alpha value is -3.81. The van der Waals surface area contributed by atoms with Crippen molar-refractivity contribution in [1.82, 2.24) is 20.0 Å². The highest BCUT2D eigenvalue weighted by Gasteiger charge is 2.39. The number of nitrogens with one attached hydrogen (secondary N) is 1. The van der Waals surface area contributed by atoms with Crippen LogP contribution >= 0.6 is 0 Å². The minimum Gasteiger partial charge on any atom is -0.322 e. The molecule has 0 saturated carbocycles. The normalized spacial score (nSPS) is 20.4. The number of benzene rings is 3. The standard InChI is InChI=1S/C32H34N4O3/c37-29-14-13-28(31(38)33-29)36-22-26-21-23(11-12-27(26)32(36)39)15-16-34-17-19-35(20-18-34)30(24-7-3-1-4-8-24)25-9-5-2-6-10-25/h1-12,21,28,30H,13-20,22H2,(H,33,37,38). The fraction of sp³-hybridized carbons (Fsp3) is 0.344. The fourth-order valence-electron chi connectivity index (χ4n) is 6.20. The predicted octanol–water partition coefficient (Wildman–Crippen LogP) is 3.40. The molecule has 7 heteroatoms. The zero-order valence-corrected chi connectivity index (χ0v) is 22.1. The fourth-order valence-corrected chi connectivity index (χ4v) is 6.20. The Kier molecular flexibility index (Phi) is 7.26. The Labute approximate surface area is 229 Å². The molecule has 3 heterocycles. The summed E-state index contributed by atoms with van der Waals surface area (Å²) in [4.78, 5) is 43.6. The highest BCUT2D eigenvalue weighted by atomic mass is 16.2. The molecule has 1 atom stereocenters. The van der Waals surface area contributed by atoms with Gasteiger partial charge in [-0.3, -0.25) is 24.6 Å². The van der Waals surface area contributed by atoms with E-state index in [0.717, 1.165) is 44.7 Å². The third-order valence-corrected chi connectivity index (χ3v) is 8.31. The van der Waals surface area contributed by atoms with Crippen molar-refractivity contribution in [1.29, 1.82) is 0 Å². The number of hydrogen-bond donors (Lipinski definition) is 1. The lowest BCUT2D eigenvalue weighted by Crippen LogP contribution is -2.52. The van der Waals surface area contributed by atoms with Gasteiger partial charge in [-0.05, 0) is 41.2 Å². The molecule has 2 fully saturated rings. The summed E-state index contributed by atoms with van der Waals surface area (Å²) in [5.41, 5.74) is 5.51. The van der Waals surface area contributed by atoms with Gasteiger partial charge in [0.1, 0.15) is 6.04 Å². The second-order valence-corrected chi connectivity index (χ2v) is 10.7. The number of nitrogens with zero attached hydrogens (tertiary/aromatic N) is 3. The summed E-state index contributed by atoms with van der Waals surface area (Å²) < 4.78 is 0. The molecule has 0 aromatic heterocycles. The van der Waals surface area contributed by atoms with Crippen LogP contribution in [-0.2, 0) is 22.6 Å². The molecule has 3 aliphatic heterocycles. The molecule has 3 aromatic carbocycles. The van der Waals surface area contributed by atoms with Crippen LogP contribution in [0.25, 0.3) is 0 Å². The van der Waals surface area contributed by atoms with Crippen LogP contribution in [0, 0.1) is 0 Å². The molecular weight excluding hydrogens is 488 g/mol. The van der Waals surface area contributed by atoms with Crippen molar-refractivity contribution < 1.29 is 14.4 Å². The highest BCUT2D eigenvalue weighted by molar-refractivity contribution is 6.05. The van der Waals surface area contributed by atoms with Crippen molar-refractivity contribution in [3.8, 4) is 0 Å². The first-order valence-electron chi connectivity index (χ1n) is 13.9. The molecule has 3 aromatic rings. The Morgan fingerprint density at radius 2 is 1.49 bits per heavy atom. The maximum absolute atomic E-state index is 13.0. The van der Waals surface area contributed by atoms with Crippen LogP contribution in [0.3, 0.4) is 0 Å². The molecule has 200 valence electrons. The lowest BCUT2D eigenvalue weighted by molar-refractivity contribution is -0.136. The summed E-state index contributed by atoms with van der Waals surface area (Å²) in [6, 6.07) is 27.3. The number of fused-ring (bicyclic) bond motifs is 1. The minimum atomic E-state index is -0.571. The van der Waals surface area contributed by atoms with Crippen molar-refractivity contribution in [2.75, 3.05) is 32.7 Å². The van der Waals surface area contributed by atoms with Gasteiger partial charge in [-0.25, -0.2) is 0 Å². The number of rotatable bonds is 7. The van der Waals surface area contributed by atoms with Gasteiger partial charge in [0.15, 0.2) is 0 Å². The third-order valence-electron chi connectivity index (χ3n) is 8.31. The van der Waals surface area contributed by atoms with E-state index in [-0.39, 0.29) is 30.2 Å². The van der Waals surface area contributed by atoms with Crippen LogP contribution in [0.5, 0.6) is 0 Å². The topological polar surface area (TPSA) is 73.0 Å². The lowest BCUT2D eigenvalue weighted by atomic mass is 9.96. The molecule has 0 bridgehead atoms. The van der Waals surface area contributed by atoms with Crippen molar-refractivity contribution in [2.24, 2.45) is 0 Å². The van der Waals surface area contributed by atoms with E-state index in [4.69, 9.17) is 0 Å². The van der Waals surface area contributed by atoms with E-state index >= 15 is 0 Å². The monoisotopic (exact) mass is 522 g/mol. The van der Waals surface area contributed by atoms with E-state index in [9.17, 15) is 14.4 Å². The predicted molar refractivity (Wildman–Crippen MR) is 149 cm³/mol. The van der Waals surface area contributed by atoms with Gasteiger partial charge in [0.25, 0.3) is 5.91 Å². The van der Waals surface area contributed by atoms with Crippen molar-refractivity contribution >= 4 is 17.7 Å². The van der Waals surface area contributed by atoms with Gasteiger partial charge >= 0.3 is 0 Å². The largest absolute Gasteiger partial charge is 0.322 e. The van der Waals surface area contributed by atoms with Crippen LogP contribution in [-0.4, -0.2) is 71.2 Å². The lowest BCUT2D eigenvalue weighted by Gasteiger charge is -2.40. The first-order chi connectivity index (χ1) is 19.1. The number of amides is 3. The zero-order valence-electron chi connectivity index (χ0n) is 22.1. The number of hydrogen-bond acceptors (Lipinski definition) is 5. The van der Waals surface area contributed by atoms with Crippen LogP contribution < -0.4 is 5.32 Å². The SMILES string of the molecule is O=C1CCC(N2Cc3cc(CCN4CCN(C(c5ccccc5)c5ccccc5)CC4)ccc3C2=O)C(=O)N1. The van der Waals surface area contributed by atoms with Crippen LogP contribution in [0.15, 0.2) is 78.9 Å². The first-order valence-corrected chi connectivity index (χ1v) is 13.9. The van der Waals surface area contributed by atoms with E-state index in [2.05, 4.69) is 81.8 Å². The van der Waals surface area contributed by atoms with Gasteiger partial charge in [0.2, 0.25) is 11.8 Å². The van der Waals surface area contributed by atoms with Crippen molar-refractivity contribution in [3.63, 3.8) is 0 Å². The maximum atomic E-state index is 13.0. The second kappa shape index (κ2) is 11.1. The first kappa shape index (κ1) is 25.5. The molecule has 0 aliphatic carbocycles. The van der Waals surface area contributed by atoms with E-state index in [1.807, 2.05) is 12.1 Å². The van der Waals surface area contributed by atoms with Crippen LogP contribution in [0.4, 0.5) is 0 Å². The number of imide groups is 1.